The van der Waals surface area contributed by atoms with Gasteiger partial charge in [-0.15, -0.1) is 11.3 Å². The first kappa shape index (κ1) is 17.4. The Morgan fingerprint density at radius 1 is 1.11 bits per heavy atom. The number of para-hydroxylation sites is 1. The van der Waals surface area contributed by atoms with E-state index in [1.54, 1.807) is 28.4 Å². The fourth-order valence-electron chi connectivity index (χ4n) is 3.59. The minimum atomic E-state index is -0.219. The van der Waals surface area contributed by atoms with Crippen molar-refractivity contribution in [2.24, 2.45) is 0 Å². The topological polar surface area (TPSA) is 48.5 Å². The molecule has 1 aromatic heterocycles. The molecule has 144 valence electrons. The number of benzene rings is 2. The lowest BCUT2D eigenvalue weighted by Gasteiger charge is -2.36. The van der Waals surface area contributed by atoms with Crippen LogP contribution in [0.25, 0.3) is 10.2 Å². The lowest BCUT2D eigenvalue weighted by molar-refractivity contribution is 0.208. The van der Waals surface area contributed by atoms with E-state index < -0.39 is 0 Å². The van der Waals surface area contributed by atoms with E-state index in [2.05, 4.69) is 10.3 Å². The Kier molecular flexibility index (Phi) is 4.39. The molecule has 28 heavy (non-hydrogen) atoms. The zero-order chi connectivity index (χ0) is 19.1. The quantitative estimate of drug-likeness (QED) is 0.700. The zero-order valence-electron chi connectivity index (χ0n) is 15.4. The number of rotatable bonds is 3. The number of thiazole rings is 1. The number of hydrogen-bond acceptors (Lipinski definition) is 4. The summed E-state index contributed by atoms with van der Waals surface area (Å²) in [5.41, 5.74) is 2.40. The smallest absolute Gasteiger partial charge is 0.321 e. The summed E-state index contributed by atoms with van der Waals surface area (Å²) in [6.45, 7) is 2.36. The van der Waals surface area contributed by atoms with E-state index in [1.807, 2.05) is 29.2 Å². The maximum atomic E-state index is 14.0. The van der Waals surface area contributed by atoms with Gasteiger partial charge in [-0.05, 0) is 43.2 Å². The summed E-state index contributed by atoms with van der Waals surface area (Å²) in [5.74, 6) is 0.421. The van der Waals surface area contributed by atoms with Crippen LogP contribution in [0.15, 0.2) is 42.5 Å². The average Bonchev–Trinajstić information content (AvgIpc) is 3.48. The Morgan fingerprint density at radius 3 is 2.64 bits per heavy atom. The van der Waals surface area contributed by atoms with Gasteiger partial charge in [0.05, 0.1) is 20.9 Å². The zero-order valence-corrected chi connectivity index (χ0v) is 16.2. The van der Waals surface area contributed by atoms with Crippen LogP contribution in [0.2, 0.25) is 0 Å². The molecule has 2 aromatic carbocycles. The van der Waals surface area contributed by atoms with Gasteiger partial charge in [-0.25, -0.2) is 14.2 Å². The van der Waals surface area contributed by atoms with Crippen LogP contribution in [0.3, 0.4) is 0 Å². The van der Waals surface area contributed by atoms with Gasteiger partial charge in [0.1, 0.15) is 5.82 Å². The molecule has 2 amide bonds. The predicted octanol–water partition coefficient (Wildman–Crippen LogP) is 4.67. The largest absolute Gasteiger partial charge is 0.366 e. The summed E-state index contributed by atoms with van der Waals surface area (Å²) in [6.07, 6.45) is 2.48. The van der Waals surface area contributed by atoms with E-state index >= 15 is 0 Å². The lowest BCUT2D eigenvalue weighted by atomic mass is 10.2. The molecule has 0 bridgehead atoms. The maximum Gasteiger partial charge on any atom is 0.321 e. The molecule has 0 radical (unpaired) electrons. The van der Waals surface area contributed by atoms with Crippen molar-refractivity contribution in [1.29, 1.82) is 0 Å². The fourth-order valence-corrected chi connectivity index (χ4v) is 4.76. The van der Waals surface area contributed by atoms with Crippen molar-refractivity contribution in [3.8, 4) is 0 Å². The van der Waals surface area contributed by atoms with Gasteiger partial charge in [-0.1, -0.05) is 12.1 Å². The van der Waals surface area contributed by atoms with Crippen LogP contribution >= 0.6 is 11.3 Å². The Labute approximate surface area is 166 Å². The van der Waals surface area contributed by atoms with Crippen molar-refractivity contribution >= 4 is 39.0 Å². The van der Waals surface area contributed by atoms with E-state index in [0.29, 0.717) is 37.8 Å². The lowest BCUT2D eigenvalue weighted by Crippen LogP contribution is -2.50. The Bertz CT molecular complexity index is 1020. The highest BCUT2D eigenvalue weighted by Gasteiger charge is 2.27. The highest BCUT2D eigenvalue weighted by molar-refractivity contribution is 7.18. The van der Waals surface area contributed by atoms with Crippen LogP contribution in [0.5, 0.6) is 0 Å². The first-order valence-corrected chi connectivity index (χ1v) is 10.4. The van der Waals surface area contributed by atoms with E-state index in [1.165, 1.54) is 23.9 Å². The number of aromatic nitrogens is 1. The van der Waals surface area contributed by atoms with E-state index in [0.717, 1.165) is 15.9 Å². The van der Waals surface area contributed by atoms with Gasteiger partial charge in [0.25, 0.3) is 0 Å². The number of urea groups is 1. The number of anilines is 2. The summed E-state index contributed by atoms with van der Waals surface area (Å²) >= 11 is 1.73. The SMILES string of the molecule is O=C(Nc1ccc2nc(C3CC3)sc2c1)N1CCN(c2ccccc2F)CC1. The van der Waals surface area contributed by atoms with E-state index in [4.69, 9.17) is 0 Å². The summed E-state index contributed by atoms with van der Waals surface area (Å²) in [4.78, 5) is 21.1. The standard InChI is InChI=1S/C21H21FN4OS/c22-16-3-1-2-4-18(16)25-9-11-26(12-10-25)21(27)23-15-7-8-17-19(13-15)28-20(24-17)14-5-6-14/h1-4,7-8,13-14H,5-6,9-12H2,(H,23,27). The molecule has 7 heteroatoms. The third kappa shape index (κ3) is 3.42. The Balaban J connectivity index is 1.22. The molecule has 0 atom stereocenters. The van der Waals surface area contributed by atoms with Crippen molar-refractivity contribution in [1.82, 2.24) is 9.88 Å². The molecule has 1 aliphatic carbocycles. The monoisotopic (exact) mass is 396 g/mol. The first-order chi connectivity index (χ1) is 13.7. The van der Waals surface area contributed by atoms with Crippen LogP contribution < -0.4 is 10.2 Å². The number of nitrogens with zero attached hydrogens (tertiary/aromatic N) is 3. The van der Waals surface area contributed by atoms with Crippen molar-refractivity contribution in [3.63, 3.8) is 0 Å². The van der Waals surface area contributed by atoms with Crippen molar-refractivity contribution in [3.05, 3.63) is 53.3 Å². The molecule has 3 aromatic rings. The normalized spacial score (nSPS) is 17.2. The van der Waals surface area contributed by atoms with Gasteiger partial charge in [0.15, 0.2) is 0 Å². The Hall–Kier alpha value is -2.67. The third-order valence-electron chi connectivity index (χ3n) is 5.34. The summed E-state index contributed by atoms with van der Waals surface area (Å²) in [5, 5.41) is 4.21. The number of carbonyl (C=O) groups excluding carboxylic acids is 1. The molecular formula is C21H21FN4OS. The van der Waals surface area contributed by atoms with E-state index in [-0.39, 0.29) is 11.8 Å². The molecule has 5 nitrogen and oxygen atoms in total. The van der Waals surface area contributed by atoms with Crippen molar-refractivity contribution in [2.45, 2.75) is 18.8 Å². The number of carbonyl (C=O) groups is 1. The van der Waals surface area contributed by atoms with Gasteiger partial charge < -0.3 is 15.1 Å². The molecule has 2 aliphatic rings. The molecule has 2 heterocycles. The number of halogens is 1. The van der Waals surface area contributed by atoms with Crippen LogP contribution in [-0.2, 0) is 0 Å². The second-order valence-electron chi connectivity index (χ2n) is 7.36. The summed E-state index contributed by atoms with van der Waals surface area (Å²) in [7, 11) is 0. The molecule has 1 aliphatic heterocycles. The van der Waals surface area contributed by atoms with Crippen LogP contribution in [0.4, 0.5) is 20.6 Å². The highest BCUT2D eigenvalue weighted by atomic mass is 32.1. The van der Waals surface area contributed by atoms with Crippen molar-refractivity contribution < 1.29 is 9.18 Å². The van der Waals surface area contributed by atoms with Gasteiger partial charge >= 0.3 is 6.03 Å². The molecular weight excluding hydrogens is 375 g/mol. The number of nitrogens with one attached hydrogen (secondary N) is 1. The maximum absolute atomic E-state index is 14.0. The van der Waals surface area contributed by atoms with Gasteiger partial charge in [0, 0.05) is 37.8 Å². The van der Waals surface area contributed by atoms with Crippen molar-refractivity contribution in [2.75, 3.05) is 36.4 Å². The second kappa shape index (κ2) is 7.05. The Morgan fingerprint density at radius 2 is 1.89 bits per heavy atom. The van der Waals surface area contributed by atoms with Gasteiger partial charge in [-0.3, -0.25) is 0 Å². The molecule has 1 saturated carbocycles. The fraction of sp³-hybridized carbons (Fsp3) is 0.333. The van der Waals surface area contributed by atoms with Crippen LogP contribution in [-0.4, -0.2) is 42.1 Å². The first-order valence-electron chi connectivity index (χ1n) is 9.63. The average molecular weight is 396 g/mol. The molecule has 1 saturated heterocycles. The number of hydrogen-bond donors (Lipinski definition) is 1. The molecule has 0 unspecified atom stereocenters. The number of amides is 2. The third-order valence-corrected chi connectivity index (χ3v) is 6.52. The van der Waals surface area contributed by atoms with Gasteiger partial charge in [0.2, 0.25) is 0 Å². The minimum absolute atomic E-state index is 0.112. The summed E-state index contributed by atoms with van der Waals surface area (Å²) < 4.78 is 15.1. The molecule has 1 N–H and O–H groups in total. The van der Waals surface area contributed by atoms with Crippen LogP contribution in [0.1, 0.15) is 23.8 Å². The molecule has 5 rings (SSSR count). The van der Waals surface area contributed by atoms with Crippen LogP contribution in [0, 0.1) is 5.82 Å². The molecule has 2 fully saturated rings. The number of fused-ring (bicyclic) bond motifs is 1. The summed E-state index contributed by atoms with van der Waals surface area (Å²) in [6, 6.07) is 12.6. The predicted molar refractivity (Wildman–Crippen MR) is 111 cm³/mol. The van der Waals surface area contributed by atoms with Gasteiger partial charge in [-0.2, -0.15) is 0 Å². The second-order valence-corrected chi connectivity index (χ2v) is 8.43. The highest BCUT2D eigenvalue weighted by Crippen LogP contribution is 2.43. The van der Waals surface area contributed by atoms with E-state index in [9.17, 15) is 9.18 Å². The molecule has 0 spiro atoms. The number of piperazine rings is 1. The minimum Gasteiger partial charge on any atom is -0.366 e.